The molecule has 3 heterocycles. The first-order chi connectivity index (χ1) is 16.9. The molecule has 1 aromatic carbocycles. The molecule has 2 aliphatic rings. The van der Waals surface area contributed by atoms with Crippen LogP contribution >= 0.6 is 0 Å². The second-order valence-electron chi connectivity index (χ2n) is 8.91. The molecule has 10 heteroatoms. The van der Waals surface area contributed by atoms with Crippen molar-refractivity contribution in [1.29, 1.82) is 5.26 Å². The molecule has 184 valence electrons. The molecule has 0 saturated carbocycles. The van der Waals surface area contributed by atoms with Gasteiger partial charge in [-0.05, 0) is 42.5 Å². The van der Waals surface area contributed by atoms with Crippen LogP contribution in [0.1, 0.15) is 31.2 Å². The van der Waals surface area contributed by atoms with Gasteiger partial charge in [0.2, 0.25) is 11.8 Å². The number of hydrogen-bond donors (Lipinski definition) is 2. The molecule has 2 fully saturated rings. The molecule has 4 rings (SSSR count). The number of likely N-dealkylation sites (tertiary alicyclic amines) is 2. The van der Waals surface area contributed by atoms with Crippen LogP contribution in [0.2, 0.25) is 0 Å². The summed E-state index contributed by atoms with van der Waals surface area (Å²) < 4.78 is 20.7. The Bertz CT molecular complexity index is 1110. The van der Waals surface area contributed by atoms with Gasteiger partial charge in [0.05, 0.1) is 12.1 Å². The molecule has 0 unspecified atom stereocenters. The number of ether oxygens (including phenoxy) is 1. The van der Waals surface area contributed by atoms with Crippen molar-refractivity contribution in [2.75, 3.05) is 19.6 Å². The zero-order valence-corrected chi connectivity index (χ0v) is 19.3. The molecular weight excluding hydrogens is 453 g/mol. The van der Waals surface area contributed by atoms with Gasteiger partial charge in [-0.3, -0.25) is 4.79 Å². The summed E-state index contributed by atoms with van der Waals surface area (Å²) in [7, 11) is 0. The van der Waals surface area contributed by atoms with Crippen LogP contribution in [0.3, 0.4) is 0 Å². The van der Waals surface area contributed by atoms with Gasteiger partial charge in [0.1, 0.15) is 18.0 Å². The van der Waals surface area contributed by atoms with Gasteiger partial charge in [-0.25, -0.2) is 14.2 Å². The van der Waals surface area contributed by atoms with Gasteiger partial charge in [0, 0.05) is 50.3 Å². The van der Waals surface area contributed by atoms with Crippen molar-refractivity contribution >= 4 is 12.0 Å². The minimum Gasteiger partial charge on any atom is -0.474 e. The molecular formula is C25H28FN5O4. The zero-order chi connectivity index (χ0) is 24.9. The third-order valence-corrected chi connectivity index (χ3v) is 6.56. The largest absolute Gasteiger partial charge is 0.474 e. The van der Waals surface area contributed by atoms with Crippen LogP contribution < -0.4 is 10.5 Å². The molecule has 2 aromatic rings. The van der Waals surface area contributed by atoms with E-state index in [2.05, 4.69) is 11.1 Å². The van der Waals surface area contributed by atoms with Gasteiger partial charge in [-0.15, -0.1) is 0 Å². The molecule has 1 aromatic heterocycles. The summed E-state index contributed by atoms with van der Waals surface area (Å²) in [5, 5.41) is 18.2. The van der Waals surface area contributed by atoms with E-state index in [-0.39, 0.29) is 18.4 Å². The highest BCUT2D eigenvalue weighted by Gasteiger charge is 2.32. The Morgan fingerprint density at radius 3 is 2.57 bits per heavy atom. The first kappa shape index (κ1) is 24.4. The lowest BCUT2D eigenvalue weighted by atomic mass is 10.0. The topological polar surface area (TPSA) is 133 Å². The average molecular weight is 482 g/mol. The third-order valence-electron chi connectivity index (χ3n) is 6.56. The van der Waals surface area contributed by atoms with Crippen molar-refractivity contribution in [2.24, 2.45) is 5.73 Å². The predicted molar refractivity (Wildman–Crippen MR) is 125 cm³/mol. The lowest BCUT2D eigenvalue weighted by Crippen LogP contribution is -2.46. The minimum atomic E-state index is -0.919. The summed E-state index contributed by atoms with van der Waals surface area (Å²) in [6.07, 6.45) is 3.23. The molecule has 0 aliphatic carbocycles. The lowest BCUT2D eigenvalue weighted by Gasteiger charge is -2.29. The van der Waals surface area contributed by atoms with E-state index in [9.17, 15) is 19.2 Å². The molecule has 3 N–H and O–H groups in total. The Morgan fingerprint density at radius 1 is 1.20 bits per heavy atom. The van der Waals surface area contributed by atoms with Gasteiger partial charge in [-0.2, -0.15) is 5.26 Å². The Labute approximate surface area is 202 Å². The summed E-state index contributed by atoms with van der Waals surface area (Å²) >= 11 is 0. The number of nitriles is 1. The first-order valence-corrected chi connectivity index (χ1v) is 11.7. The van der Waals surface area contributed by atoms with Gasteiger partial charge in [0.25, 0.3) is 0 Å². The fourth-order valence-electron chi connectivity index (χ4n) is 4.55. The molecule has 2 aliphatic heterocycles. The number of nitrogens with zero attached hydrogens (tertiary/aromatic N) is 4. The maximum Gasteiger partial charge on any atom is 0.407 e. The average Bonchev–Trinajstić information content (AvgIpc) is 3.34. The summed E-state index contributed by atoms with van der Waals surface area (Å²) in [5.74, 6) is -0.359. The number of halogens is 1. The number of nitrogens with two attached hydrogens (primary N) is 1. The standard InChI is InChI=1S/C25H28FN5O4/c26-21-12-16(3-4-17(21)13-22(28)24(32)31-9-1-2-19(31)14-27)18-5-6-23(29-15-18)35-20-7-10-30(11-8-20)25(33)34/h3-6,12,15,19-20,22H,1-2,7-11,13,28H2,(H,33,34)/t19-,22-/m0/s1. The first-order valence-electron chi connectivity index (χ1n) is 11.7. The number of benzene rings is 1. The van der Waals surface area contributed by atoms with Gasteiger partial charge >= 0.3 is 6.09 Å². The monoisotopic (exact) mass is 481 g/mol. The zero-order valence-electron chi connectivity index (χ0n) is 19.3. The highest BCUT2D eigenvalue weighted by molar-refractivity contribution is 5.83. The maximum absolute atomic E-state index is 14.8. The summed E-state index contributed by atoms with van der Waals surface area (Å²) in [6, 6.07) is 9.00. The van der Waals surface area contributed by atoms with Crippen LogP contribution in [0.5, 0.6) is 5.88 Å². The molecule has 2 atom stereocenters. The van der Waals surface area contributed by atoms with E-state index in [0.29, 0.717) is 61.5 Å². The molecule has 35 heavy (non-hydrogen) atoms. The number of piperidine rings is 1. The van der Waals surface area contributed by atoms with E-state index in [1.54, 1.807) is 30.5 Å². The fourth-order valence-corrected chi connectivity index (χ4v) is 4.55. The van der Waals surface area contributed by atoms with Crippen molar-refractivity contribution in [2.45, 2.75) is 50.3 Å². The van der Waals surface area contributed by atoms with Crippen LogP contribution in [-0.2, 0) is 11.2 Å². The number of amides is 2. The van der Waals surface area contributed by atoms with Crippen LogP contribution in [0.25, 0.3) is 11.1 Å². The Hall–Kier alpha value is -3.71. The summed E-state index contributed by atoms with van der Waals surface area (Å²) in [6.45, 7) is 1.35. The van der Waals surface area contributed by atoms with Crippen LogP contribution in [0.4, 0.5) is 9.18 Å². The van der Waals surface area contributed by atoms with Crippen LogP contribution in [0.15, 0.2) is 36.5 Å². The number of carbonyl (C=O) groups excluding carboxylic acids is 1. The number of rotatable bonds is 6. The maximum atomic E-state index is 14.8. The minimum absolute atomic E-state index is 0.0469. The van der Waals surface area contributed by atoms with E-state index in [4.69, 9.17) is 15.6 Å². The molecule has 9 nitrogen and oxygen atoms in total. The smallest absolute Gasteiger partial charge is 0.407 e. The van der Waals surface area contributed by atoms with E-state index in [1.807, 2.05) is 0 Å². The fraction of sp³-hybridized carbons (Fsp3) is 0.440. The van der Waals surface area contributed by atoms with Crippen LogP contribution in [0, 0.1) is 17.1 Å². The Kier molecular flexibility index (Phi) is 7.46. The molecule has 0 radical (unpaired) electrons. The van der Waals surface area contributed by atoms with Gasteiger partial charge in [0.15, 0.2) is 0 Å². The number of aromatic nitrogens is 1. The van der Waals surface area contributed by atoms with Crippen molar-refractivity contribution < 1.29 is 23.8 Å². The third kappa shape index (κ3) is 5.69. The predicted octanol–water partition coefficient (Wildman–Crippen LogP) is 2.79. The summed E-state index contributed by atoms with van der Waals surface area (Å²) in [4.78, 5) is 30.8. The van der Waals surface area contributed by atoms with E-state index in [0.717, 1.165) is 6.42 Å². The van der Waals surface area contributed by atoms with E-state index >= 15 is 0 Å². The van der Waals surface area contributed by atoms with Gasteiger partial charge in [-0.1, -0.05) is 12.1 Å². The second kappa shape index (κ2) is 10.7. The number of pyridine rings is 1. The van der Waals surface area contributed by atoms with Crippen LogP contribution in [-0.4, -0.2) is 69.7 Å². The number of carboxylic acid groups (broad SMARTS) is 1. The SMILES string of the molecule is N#C[C@@H]1CCCN1C(=O)[C@@H](N)Cc1ccc(-c2ccc(OC3CCN(C(=O)O)CC3)nc2)cc1F. The highest BCUT2D eigenvalue weighted by Crippen LogP contribution is 2.25. The molecule has 0 spiro atoms. The van der Waals surface area contributed by atoms with Crippen molar-refractivity contribution in [1.82, 2.24) is 14.8 Å². The van der Waals surface area contributed by atoms with E-state index in [1.165, 1.54) is 15.9 Å². The number of carbonyl (C=O) groups is 2. The normalized spacial score (nSPS) is 19.3. The van der Waals surface area contributed by atoms with Gasteiger partial charge < -0.3 is 25.4 Å². The van der Waals surface area contributed by atoms with Crippen molar-refractivity contribution in [3.8, 4) is 23.1 Å². The second-order valence-corrected chi connectivity index (χ2v) is 8.91. The lowest BCUT2D eigenvalue weighted by molar-refractivity contribution is -0.132. The number of hydrogen-bond acceptors (Lipinski definition) is 6. The van der Waals surface area contributed by atoms with Crippen molar-refractivity contribution in [3.63, 3.8) is 0 Å². The molecule has 2 saturated heterocycles. The highest BCUT2D eigenvalue weighted by atomic mass is 19.1. The van der Waals surface area contributed by atoms with Crippen molar-refractivity contribution in [3.05, 3.63) is 47.9 Å². The Balaban J connectivity index is 1.35. The van der Waals surface area contributed by atoms with E-state index < -0.39 is 24.0 Å². The Morgan fingerprint density at radius 2 is 1.94 bits per heavy atom. The summed E-state index contributed by atoms with van der Waals surface area (Å²) in [5.41, 5.74) is 7.73. The molecule has 2 amide bonds. The molecule has 0 bridgehead atoms. The quantitative estimate of drug-likeness (QED) is 0.648.